The van der Waals surface area contributed by atoms with Crippen LogP contribution < -0.4 is 10.2 Å². The summed E-state index contributed by atoms with van der Waals surface area (Å²) in [5, 5.41) is 11.9. The van der Waals surface area contributed by atoms with Crippen molar-refractivity contribution in [2.45, 2.75) is 20.8 Å². The van der Waals surface area contributed by atoms with E-state index in [1.807, 2.05) is 12.1 Å². The minimum Gasteiger partial charge on any atom is -0.481 e. The lowest BCUT2D eigenvalue weighted by atomic mass is 10.2. The molecule has 1 unspecified atom stereocenters. The van der Waals surface area contributed by atoms with Crippen molar-refractivity contribution in [3.05, 3.63) is 24.3 Å². The number of rotatable bonds is 7. The molecule has 4 nitrogen and oxygen atoms in total. The SMILES string of the molecule is CCN(CC)c1ccc(NCC(C)C(=O)O)cc1. The van der Waals surface area contributed by atoms with Gasteiger partial charge in [0, 0.05) is 31.0 Å². The van der Waals surface area contributed by atoms with Gasteiger partial charge in [0.05, 0.1) is 5.92 Å². The summed E-state index contributed by atoms with van der Waals surface area (Å²) >= 11 is 0. The quantitative estimate of drug-likeness (QED) is 0.781. The zero-order chi connectivity index (χ0) is 13.5. The van der Waals surface area contributed by atoms with Crippen LogP contribution in [0.25, 0.3) is 0 Å². The Labute approximate surface area is 109 Å². The molecule has 0 aliphatic carbocycles. The third kappa shape index (κ3) is 3.95. The number of hydrogen-bond donors (Lipinski definition) is 2. The first-order valence-electron chi connectivity index (χ1n) is 6.40. The first kappa shape index (κ1) is 14.4. The van der Waals surface area contributed by atoms with Crippen LogP contribution in [0.5, 0.6) is 0 Å². The van der Waals surface area contributed by atoms with Gasteiger partial charge in [-0.05, 0) is 38.1 Å². The number of nitrogens with zero attached hydrogens (tertiary/aromatic N) is 1. The topological polar surface area (TPSA) is 52.6 Å². The highest BCUT2D eigenvalue weighted by atomic mass is 16.4. The van der Waals surface area contributed by atoms with Gasteiger partial charge in [0.2, 0.25) is 0 Å². The summed E-state index contributed by atoms with van der Waals surface area (Å²) < 4.78 is 0. The van der Waals surface area contributed by atoms with Crippen LogP contribution in [0.15, 0.2) is 24.3 Å². The van der Waals surface area contributed by atoms with Gasteiger partial charge in [-0.15, -0.1) is 0 Å². The van der Waals surface area contributed by atoms with Crippen LogP contribution in [-0.2, 0) is 4.79 Å². The molecule has 0 aliphatic heterocycles. The van der Waals surface area contributed by atoms with Gasteiger partial charge in [0.1, 0.15) is 0 Å². The molecule has 1 aromatic carbocycles. The van der Waals surface area contributed by atoms with Crippen molar-refractivity contribution < 1.29 is 9.90 Å². The molecule has 100 valence electrons. The first-order chi connectivity index (χ1) is 8.58. The maximum atomic E-state index is 10.7. The summed E-state index contributed by atoms with van der Waals surface area (Å²) in [5.41, 5.74) is 2.15. The van der Waals surface area contributed by atoms with Gasteiger partial charge in [-0.2, -0.15) is 0 Å². The summed E-state index contributed by atoms with van der Waals surface area (Å²) in [6.45, 7) is 8.37. The molecule has 0 radical (unpaired) electrons. The minimum atomic E-state index is -0.776. The molecule has 0 saturated carbocycles. The molecule has 0 amide bonds. The van der Waals surface area contributed by atoms with Crippen LogP contribution in [0.3, 0.4) is 0 Å². The van der Waals surface area contributed by atoms with Crippen molar-refractivity contribution in [3.8, 4) is 0 Å². The number of hydrogen-bond acceptors (Lipinski definition) is 3. The van der Waals surface area contributed by atoms with E-state index in [1.54, 1.807) is 6.92 Å². The van der Waals surface area contributed by atoms with Crippen molar-refractivity contribution in [1.82, 2.24) is 0 Å². The van der Waals surface area contributed by atoms with E-state index in [0.29, 0.717) is 6.54 Å². The highest BCUT2D eigenvalue weighted by Gasteiger charge is 2.09. The van der Waals surface area contributed by atoms with E-state index in [2.05, 4.69) is 36.2 Å². The second-order valence-corrected chi connectivity index (χ2v) is 4.34. The Morgan fingerprint density at radius 2 is 1.83 bits per heavy atom. The Hall–Kier alpha value is -1.71. The lowest BCUT2D eigenvalue weighted by molar-refractivity contribution is -0.140. The van der Waals surface area contributed by atoms with E-state index in [1.165, 1.54) is 5.69 Å². The van der Waals surface area contributed by atoms with Gasteiger partial charge in [-0.25, -0.2) is 0 Å². The fraction of sp³-hybridized carbons (Fsp3) is 0.500. The van der Waals surface area contributed by atoms with Crippen LogP contribution in [-0.4, -0.2) is 30.7 Å². The molecule has 0 fully saturated rings. The average molecular weight is 250 g/mol. The van der Waals surface area contributed by atoms with Crippen molar-refractivity contribution in [2.75, 3.05) is 29.9 Å². The van der Waals surface area contributed by atoms with E-state index in [4.69, 9.17) is 5.11 Å². The number of carbonyl (C=O) groups is 1. The molecular formula is C14H22N2O2. The number of anilines is 2. The number of carboxylic acids is 1. The normalized spacial score (nSPS) is 11.9. The third-order valence-electron chi connectivity index (χ3n) is 3.03. The van der Waals surface area contributed by atoms with E-state index in [9.17, 15) is 4.79 Å². The van der Waals surface area contributed by atoms with Crippen molar-refractivity contribution in [2.24, 2.45) is 5.92 Å². The predicted molar refractivity (Wildman–Crippen MR) is 75.3 cm³/mol. The Balaban J connectivity index is 2.57. The van der Waals surface area contributed by atoms with E-state index in [0.717, 1.165) is 18.8 Å². The van der Waals surface area contributed by atoms with Crippen LogP contribution in [0.4, 0.5) is 11.4 Å². The van der Waals surface area contributed by atoms with Crippen LogP contribution in [0.1, 0.15) is 20.8 Å². The van der Waals surface area contributed by atoms with Crippen molar-refractivity contribution in [3.63, 3.8) is 0 Å². The van der Waals surface area contributed by atoms with Gasteiger partial charge < -0.3 is 15.3 Å². The number of benzene rings is 1. The summed E-state index contributed by atoms with van der Waals surface area (Å²) in [6, 6.07) is 8.09. The first-order valence-corrected chi connectivity index (χ1v) is 6.40. The maximum absolute atomic E-state index is 10.7. The molecule has 0 saturated heterocycles. The molecule has 0 bridgehead atoms. The fourth-order valence-corrected chi connectivity index (χ4v) is 1.74. The van der Waals surface area contributed by atoms with Gasteiger partial charge in [-0.1, -0.05) is 6.92 Å². The molecule has 4 heteroatoms. The molecule has 2 N–H and O–H groups in total. The maximum Gasteiger partial charge on any atom is 0.308 e. The van der Waals surface area contributed by atoms with E-state index in [-0.39, 0.29) is 5.92 Å². The number of carboxylic acid groups (broad SMARTS) is 1. The van der Waals surface area contributed by atoms with Gasteiger partial charge in [-0.3, -0.25) is 4.79 Å². The molecule has 0 spiro atoms. The summed E-state index contributed by atoms with van der Waals surface area (Å²) in [7, 11) is 0. The summed E-state index contributed by atoms with van der Waals surface area (Å²) in [6.07, 6.45) is 0. The molecule has 0 aliphatic rings. The van der Waals surface area contributed by atoms with Crippen LogP contribution in [0, 0.1) is 5.92 Å². The highest BCUT2D eigenvalue weighted by Crippen LogP contribution is 2.17. The third-order valence-corrected chi connectivity index (χ3v) is 3.03. The Bertz CT molecular complexity index is 372. The molecule has 0 aromatic heterocycles. The van der Waals surface area contributed by atoms with Gasteiger partial charge >= 0.3 is 5.97 Å². The average Bonchev–Trinajstić information content (AvgIpc) is 2.38. The highest BCUT2D eigenvalue weighted by molar-refractivity contribution is 5.70. The minimum absolute atomic E-state index is 0.382. The van der Waals surface area contributed by atoms with Crippen molar-refractivity contribution in [1.29, 1.82) is 0 Å². The predicted octanol–water partition coefficient (Wildman–Crippen LogP) is 2.67. The molecule has 18 heavy (non-hydrogen) atoms. The second-order valence-electron chi connectivity index (χ2n) is 4.34. The fourth-order valence-electron chi connectivity index (χ4n) is 1.74. The zero-order valence-electron chi connectivity index (χ0n) is 11.3. The lowest BCUT2D eigenvalue weighted by Gasteiger charge is -2.21. The molecule has 1 rings (SSSR count). The smallest absolute Gasteiger partial charge is 0.308 e. The van der Waals surface area contributed by atoms with E-state index < -0.39 is 5.97 Å². The van der Waals surface area contributed by atoms with Crippen LogP contribution >= 0.6 is 0 Å². The largest absolute Gasteiger partial charge is 0.481 e. The molecule has 0 heterocycles. The van der Waals surface area contributed by atoms with Gasteiger partial charge in [0.25, 0.3) is 0 Å². The van der Waals surface area contributed by atoms with E-state index >= 15 is 0 Å². The standard InChI is InChI=1S/C14H22N2O2/c1-4-16(5-2)13-8-6-12(7-9-13)15-10-11(3)14(17)18/h6-9,11,15H,4-5,10H2,1-3H3,(H,17,18). The Kier molecular flexibility index (Phi) is 5.49. The number of nitrogens with one attached hydrogen (secondary N) is 1. The zero-order valence-corrected chi connectivity index (χ0v) is 11.3. The lowest BCUT2D eigenvalue weighted by Crippen LogP contribution is -2.22. The second kappa shape index (κ2) is 6.89. The molecular weight excluding hydrogens is 228 g/mol. The van der Waals surface area contributed by atoms with Gasteiger partial charge in [0.15, 0.2) is 0 Å². The summed E-state index contributed by atoms with van der Waals surface area (Å²) in [4.78, 5) is 13.0. The Morgan fingerprint density at radius 3 is 2.28 bits per heavy atom. The number of aliphatic carboxylic acids is 1. The Morgan fingerprint density at radius 1 is 1.28 bits per heavy atom. The van der Waals surface area contributed by atoms with Crippen LogP contribution in [0.2, 0.25) is 0 Å². The molecule has 1 aromatic rings. The molecule has 1 atom stereocenters. The monoisotopic (exact) mass is 250 g/mol. The summed E-state index contributed by atoms with van der Waals surface area (Å²) in [5.74, 6) is -1.16. The van der Waals surface area contributed by atoms with Crippen molar-refractivity contribution >= 4 is 17.3 Å².